The van der Waals surface area contributed by atoms with Crippen molar-refractivity contribution in [1.82, 2.24) is 15.1 Å². The zero-order valence-corrected chi connectivity index (χ0v) is 16.6. The first-order valence-corrected chi connectivity index (χ1v) is 10.1. The Morgan fingerprint density at radius 1 is 1.03 bits per heavy atom. The monoisotopic (exact) mass is 391 g/mol. The minimum Gasteiger partial charge on any atom is -0.333 e. The van der Waals surface area contributed by atoms with Gasteiger partial charge in [-0.1, -0.05) is 43.3 Å². The number of imide groups is 1. The molecule has 0 spiro atoms. The number of amides is 3. The Bertz CT molecular complexity index is 904. The van der Waals surface area contributed by atoms with Crippen LogP contribution in [-0.4, -0.2) is 53.7 Å². The number of piperazine rings is 1. The standard InChI is InChI=1S/C23H25N3O3/c1-2-16-7-9-17(10-8-16)20-15-24-12-14-25(20)21(27)11-13-26-22(28)18-5-3-4-6-19(18)23(26)29/h3-10,20,24H,2,11-15H2,1H3. The van der Waals surface area contributed by atoms with Crippen LogP contribution in [0.1, 0.15) is 51.2 Å². The van der Waals surface area contributed by atoms with Crippen LogP contribution in [0, 0.1) is 0 Å². The molecule has 0 saturated carbocycles. The van der Waals surface area contributed by atoms with E-state index in [1.807, 2.05) is 4.90 Å². The van der Waals surface area contributed by atoms with Gasteiger partial charge in [0.25, 0.3) is 11.8 Å². The number of carbonyl (C=O) groups is 3. The number of hydrogen-bond donors (Lipinski definition) is 1. The predicted octanol–water partition coefficient (Wildman–Crippen LogP) is 2.41. The van der Waals surface area contributed by atoms with Crippen LogP contribution in [0.3, 0.4) is 0 Å². The topological polar surface area (TPSA) is 69.7 Å². The van der Waals surface area contributed by atoms with Crippen LogP contribution >= 0.6 is 0 Å². The molecular formula is C23H25N3O3. The van der Waals surface area contributed by atoms with E-state index in [0.29, 0.717) is 24.2 Å². The molecule has 3 amide bonds. The van der Waals surface area contributed by atoms with E-state index in [9.17, 15) is 14.4 Å². The summed E-state index contributed by atoms with van der Waals surface area (Å²) < 4.78 is 0. The second kappa shape index (κ2) is 8.17. The molecule has 0 aromatic heterocycles. The third-order valence-electron chi connectivity index (χ3n) is 5.76. The smallest absolute Gasteiger partial charge is 0.261 e. The molecule has 1 unspecified atom stereocenters. The van der Waals surface area contributed by atoms with Gasteiger partial charge in [-0.3, -0.25) is 19.3 Å². The molecule has 6 nitrogen and oxygen atoms in total. The van der Waals surface area contributed by atoms with Gasteiger partial charge < -0.3 is 10.2 Å². The summed E-state index contributed by atoms with van der Waals surface area (Å²) in [5.41, 5.74) is 3.20. The first-order valence-electron chi connectivity index (χ1n) is 10.1. The number of benzene rings is 2. The largest absolute Gasteiger partial charge is 0.333 e. The number of hydrogen-bond acceptors (Lipinski definition) is 4. The zero-order chi connectivity index (χ0) is 20.4. The molecule has 2 aliphatic heterocycles. The van der Waals surface area contributed by atoms with Crippen molar-refractivity contribution in [2.24, 2.45) is 0 Å². The molecule has 0 radical (unpaired) electrons. The van der Waals surface area contributed by atoms with Crippen LogP contribution in [0.5, 0.6) is 0 Å². The van der Waals surface area contributed by atoms with E-state index in [4.69, 9.17) is 0 Å². The third-order valence-corrected chi connectivity index (χ3v) is 5.76. The third kappa shape index (κ3) is 3.68. The number of fused-ring (bicyclic) bond motifs is 1. The Morgan fingerprint density at radius 2 is 1.69 bits per heavy atom. The molecule has 0 aliphatic carbocycles. The van der Waals surface area contributed by atoms with Gasteiger partial charge in [-0.2, -0.15) is 0 Å². The van der Waals surface area contributed by atoms with Gasteiger partial charge in [0.05, 0.1) is 17.2 Å². The molecule has 1 saturated heterocycles. The Morgan fingerprint density at radius 3 is 2.31 bits per heavy atom. The summed E-state index contributed by atoms with van der Waals surface area (Å²) in [7, 11) is 0. The number of nitrogens with zero attached hydrogens (tertiary/aromatic N) is 2. The maximum absolute atomic E-state index is 13.0. The van der Waals surface area contributed by atoms with Crippen molar-refractivity contribution < 1.29 is 14.4 Å². The highest BCUT2D eigenvalue weighted by molar-refractivity contribution is 6.21. The first kappa shape index (κ1) is 19.3. The van der Waals surface area contributed by atoms with Gasteiger partial charge in [-0.15, -0.1) is 0 Å². The lowest BCUT2D eigenvalue weighted by molar-refractivity contribution is -0.134. The van der Waals surface area contributed by atoms with Crippen LogP contribution < -0.4 is 5.32 Å². The number of aryl methyl sites for hydroxylation is 1. The van der Waals surface area contributed by atoms with E-state index >= 15 is 0 Å². The van der Waals surface area contributed by atoms with Crippen LogP contribution in [0.4, 0.5) is 0 Å². The second-order valence-electron chi connectivity index (χ2n) is 7.46. The summed E-state index contributed by atoms with van der Waals surface area (Å²) in [5, 5.41) is 3.36. The molecular weight excluding hydrogens is 366 g/mol. The highest BCUT2D eigenvalue weighted by Crippen LogP contribution is 2.25. The average Bonchev–Trinajstić information content (AvgIpc) is 3.02. The lowest BCUT2D eigenvalue weighted by Gasteiger charge is -2.37. The molecule has 1 N–H and O–H groups in total. The lowest BCUT2D eigenvalue weighted by Crippen LogP contribution is -2.49. The molecule has 2 aromatic carbocycles. The van der Waals surface area contributed by atoms with Crippen molar-refractivity contribution in [1.29, 1.82) is 0 Å². The SMILES string of the molecule is CCc1ccc(C2CNCCN2C(=O)CCN2C(=O)c3ccccc3C2=O)cc1. The zero-order valence-electron chi connectivity index (χ0n) is 16.6. The maximum Gasteiger partial charge on any atom is 0.261 e. The molecule has 6 heteroatoms. The molecule has 29 heavy (non-hydrogen) atoms. The fourth-order valence-corrected chi connectivity index (χ4v) is 4.07. The average molecular weight is 391 g/mol. The van der Waals surface area contributed by atoms with Gasteiger partial charge >= 0.3 is 0 Å². The minimum atomic E-state index is -0.314. The summed E-state index contributed by atoms with van der Waals surface area (Å²) in [6.45, 7) is 4.27. The van der Waals surface area contributed by atoms with Crippen molar-refractivity contribution >= 4 is 17.7 Å². The van der Waals surface area contributed by atoms with Crippen molar-refractivity contribution in [3.63, 3.8) is 0 Å². The Balaban J connectivity index is 1.44. The van der Waals surface area contributed by atoms with Gasteiger partial charge in [-0.05, 0) is 29.7 Å². The van der Waals surface area contributed by atoms with E-state index in [-0.39, 0.29) is 36.7 Å². The second-order valence-corrected chi connectivity index (χ2v) is 7.46. The maximum atomic E-state index is 13.0. The summed E-state index contributed by atoms with van der Waals surface area (Å²) >= 11 is 0. The summed E-state index contributed by atoms with van der Waals surface area (Å²) in [5.74, 6) is -0.663. The van der Waals surface area contributed by atoms with E-state index in [0.717, 1.165) is 18.5 Å². The minimum absolute atomic E-state index is 0.0346. The van der Waals surface area contributed by atoms with Crippen molar-refractivity contribution in [2.75, 3.05) is 26.2 Å². The summed E-state index contributed by atoms with van der Waals surface area (Å²) in [6, 6.07) is 15.1. The van der Waals surface area contributed by atoms with Crippen molar-refractivity contribution in [2.45, 2.75) is 25.8 Å². The predicted molar refractivity (Wildman–Crippen MR) is 110 cm³/mol. The molecule has 2 heterocycles. The van der Waals surface area contributed by atoms with E-state index < -0.39 is 0 Å². The molecule has 150 valence electrons. The highest BCUT2D eigenvalue weighted by atomic mass is 16.2. The van der Waals surface area contributed by atoms with E-state index in [1.54, 1.807) is 24.3 Å². The Hall–Kier alpha value is -2.99. The highest BCUT2D eigenvalue weighted by Gasteiger charge is 2.36. The molecule has 2 aliphatic rings. The number of rotatable bonds is 5. The van der Waals surface area contributed by atoms with Gasteiger partial charge in [0.2, 0.25) is 5.91 Å². The fourth-order valence-electron chi connectivity index (χ4n) is 4.07. The van der Waals surface area contributed by atoms with Gasteiger partial charge in [0.15, 0.2) is 0 Å². The molecule has 0 bridgehead atoms. The number of carbonyl (C=O) groups excluding carboxylic acids is 3. The van der Waals surface area contributed by atoms with Gasteiger partial charge in [0.1, 0.15) is 0 Å². The quantitative estimate of drug-likeness (QED) is 0.795. The molecule has 1 fully saturated rings. The van der Waals surface area contributed by atoms with Crippen LogP contribution in [0.15, 0.2) is 48.5 Å². The first-order chi connectivity index (χ1) is 14.1. The van der Waals surface area contributed by atoms with Gasteiger partial charge in [-0.25, -0.2) is 0 Å². The lowest BCUT2D eigenvalue weighted by atomic mass is 10.0. The van der Waals surface area contributed by atoms with Crippen LogP contribution in [0.25, 0.3) is 0 Å². The summed E-state index contributed by atoms with van der Waals surface area (Å²) in [6.07, 6.45) is 1.11. The van der Waals surface area contributed by atoms with Crippen molar-refractivity contribution in [3.05, 3.63) is 70.8 Å². The van der Waals surface area contributed by atoms with E-state index in [1.165, 1.54) is 10.5 Å². The fraction of sp³-hybridized carbons (Fsp3) is 0.348. The van der Waals surface area contributed by atoms with Gasteiger partial charge in [0, 0.05) is 32.6 Å². The molecule has 1 atom stereocenters. The molecule has 4 rings (SSSR count). The molecule has 2 aromatic rings. The normalized spacial score (nSPS) is 18.9. The number of nitrogens with one attached hydrogen (secondary N) is 1. The van der Waals surface area contributed by atoms with Crippen molar-refractivity contribution in [3.8, 4) is 0 Å². The Labute approximate surface area is 170 Å². The Kier molecular flexibility index (Phi) is 5.45. The van der Waals surface area contributed by atoms with Crippen LogP contribution in [-0.2, 0) is 11.2 Å². The van der Waals surface area contributed by atoms with E-state index in [2.05, 4.69) is 36.5 Å². The summed E-state index contributed by atoms with van der Waals surface area (Å²) in [4.78, 5) is 41.1. The van der Waals surface area contributed by atoms with Crippen LogP contribution in [0.2, 0.25) is 0 Å².